The van der Waals surface area contributed by atoms with Gasteiger partial charge in [0.2, 0.25) is 0 Å². The molecule has 0 amide bonds. The van der Waals surface area contributed by atoms with Gasteiger partial charge in [-0.05, 0) is 0 Å². The molecule has 4 aromatic rings. The van der Waals surface area contributed by atoms with Crippen molar-refractivity contribution in [2.75, 3.05) is 14.2 Å². The van der Waals surface area contributed by atoms with Crippen LogP contribution in [0.5, 0.6) is 11.5 Å². The van der Waals surface area contributed by atoms with E-state index in [9.17, 15) is 0 Å². The maximum absolute atomic E-state index is 5.54. The molecule has 0 saturated carbocycles. The second-order valence-corrected chi connectivity index (χ2v) is 10.7. The van der Waals surface area contributed by atoms with Gasteiger partial charge in [0, 0.05) is 0 Å². The van der Waals surface area contributed by atoms with Crippen molar-refractivity contribution in [1.82, 2.24) is 0 Å². The Bertz CT molecular complexity index is 1080. The summed E-state index contributed by atoms with van der Waals surface area (Å²) in [5.41, 5.74) is 7.51. The summed E-state index contributed by atoms with van der Waals surface area (Å²) in [7, 11) is 3.45. The molecule has 0 saturated heterocycles. The summed E-state index contributed by atoms with van der Waals surface area (Å²) in [5.74, 6) is 1.78. The van der Waals surface area contributed by atoms with Crippen molar-refractivity contribution in [3.63, 3.8) is 0 Å². The quantitative estimate of drug-likeness (QED) is 0.320. The van der Waals surface area contributed by atoms with Crippen molar-refractivity contribution in [3.8, 4) is 33.8 Å². The molecule has 4 aromatic carbocycles. The summed E-state index contributed by atoms with van der Waals surface area (Å²) >= 11 is -0.656. The number of benzene rings is 4. The van der Waals surface area contributed by atoms with E-state index in [-0.39, 0.29) is 0 Å². The predicted octanol–water partition coefficient (Wildman–Crippen LogP) is 5.31. The molecule has 0 spiro atoms. The Labute approximate surface area is 194 Å². The number of rotatable bonds is 6. The van der Waals surface area contributed by atoms with Crippen molar-refractivity contribution in [1.29, 1.82) is 0 Å². The Morgan fingerprint density at radius 3 is 1.26 bits per heavy atom. The summed E-state index contributed by atoms with van der Waals surface area (Å²) in [6.07, 6.45) is 0. The standard InChI is InChI=1S/C28H26O2Te/c1-19-5-9-21(10-6-19)25-17-23(29-3)13-15-27(25)31-28-16-14-24(30-4)18-26(28)22-11-7-20(2)8-12-22/h5-18H,1-4H3. The van der Waals surface area contributed by atoms with E-state index in [0.717, 1.165) is 11.5 Å². The van der Waals surface area contributed by atoms with Gasteiger partial charge >= 0.3 is 195 Å². The van der Waals surface area contributed by atoms with Crippen LogP contribution in [0.1, 0.15) is 11.1 Å². The second kappa shape index (κ2) is 9.60. The topological polar surface area (TPSA) is 18.5 Å². The van der Waals surface area contributed by atoms with E-state index in [1.807, 2.05) is 0 Å². The number of ether oxygens (including phenoxy) is 2. The van der Waals surface area contributed by atoms with Gasteiger partial charge in [-0.25, -0.2) is 0 Å². The first-order valence-corrected chi connectivity index (χ1v) is 12.6. The van der Waals surface area contributed by atoms with Gasteiger partial charge < -0.3 is 0 Å². The van der Waals surface area contributed by atoms with Gasteiger partial charge in [0.15, 0.2) is 0 Å². The third-order valence-corrected chi connectivity index (χ3v) is 8.61. The molecule has 4 rings (SSSR count). The first-order chi connectivity index (χ1) is 15.1. The van der Waals surface area contributed by atoms with Crippen LogP contribution in [0.25, 0.3) is 22.3 Å². The SMILES string of the molecule is COc1ccc([Te]c2ccc(OC)cc2-c2ccc(C)cc2)c(-c2ccc(C)cc2)c1. The Hall–Kier alpha value is -2.73. The van der Waals surface area contributed by atoms with Crippen LogP contribution in [-0.4, -0.2) is 35.1 Å². The molecule has 0 atom stereocenters. The van der Waals surface area contributed by atoms with Gasteiger partial charge in [0.05, 0.1) is 0 Å². The van der Waals surface area contributed by atoms with Gasteiger partial charge in [-0.15, -0.1) is 0 Å². The Morgan fingerprint density at radius 1 is 0.516 bits per heavy atom. The molecule has 0 fully saturated rings. The van der Waals surface area contributed by atoms with Crippen molar-refractivity contribution < 1.29 is 9.47 Å². The number of hydrogen-bond donors (Lipinski definition) is 0. The fourth-order valence-electron chi connectivity index (χ4n) is 3.49. The molecule has 0 aliphatic carbocycles. The fourth-order valence-corrected chi connectivity index (χ4v) is 6.58. The van der Waals surface area contributed by atoms with Crippen molar-refractivity contribution in [3.05, 3.63) is 96.1 Å². The van der Waals surface area contributed by atoms with E-state index in [1.165, 1.54) is 40.6 Å². The van der Waals surface area contributed by atoms with Crippen LogP contribution in [0.4, 0.5) is 0 Å². The van der Waals surface area contributed by atoms with Crippen LogP contribution >= 0.6 is 0 Å². The fraction of sp³-hybridized carbons (Fsp3) is 0.143. The summed E-state index contributed by atoms with van der Waals surface area (Å²) in [4.78, 5) is 0. The van der Waals surface area contributed by atoms with Crippen LogP contribution < -0.4 is 16.7 Å². The van der Waals surface area contributed by atoms with E-state index >= 15 is 0 Å². The average Bonchev–Trinajstić information content (AvgIpc) is 2.81. The molecule has 0 aliphatic heterocycles. The van der Waals surface area contributed by atoms with Crippen LogP contribution in [0.2, 0.25) is 0 Å². The van der Waals surface area contributed by atoms with Crippen LogP contribution in [0.15, 0.2) is 84.9 Å². The molecule has 3 heteroatoms. The minimum absolute atomic E-state index is 0.656. The molecule has 0 N–H and O–H groups in total. The van der Waals surface area contributed by atoms with Gasteiger partial charge in [0.1, 0.15) is 0 Å². The summed E-state index contributed by atoms with van der Waals surface area (Å²) in [6.45, 7) is 4.24. The second-order valence-electron chi connectivity index (χ2n) is 7.56. The molecule has 0 heterocycles. The monoisotopic (exact) mass is 524 g/mol. The third kappa shape index (κ3) is 4.96. The zero-order chi connectivity index (χ0) is 21.8. The summed E-state index contributed by atoms with van der Waals surface area (Å²) in [6, 6.07) is 30.5. The molecule has 0 radical (unpaired) electrons. The number of hydrogen-bond acceptors (Lipinski definition) is 2. The molecule has 2 nitrogen and oxygen atoms in total. The molecule has 0 unspecified atom stereocenters. The Morgan fingerprint density at radius 2 is 0.903 bits per heavy atom. The Balaban J connectivity index is 1.80. The van der Waals surface area contributed by atoms with Crippen LogP contribution in [-0.2, 0) is 0 Å². The van der Waals surface area contributed by atoms with E-state index in [4.69, 9.17) is 9.47 Å². The molecular weight excluding hydrogens is 496 g/mol. The first kappa shape index (κ1) is 21.5. The van der Waals surface area contributed by atoms with E-state index < -0.39 is 20.9 Å². The predicted molar refractivity (Wildman–Crippen MR) is 131 cm³/mol. The molecule has 31 heavy (non-hydrogen) atoms. The molecular formula is C28H26O2Te. The van der Waals surface area contributed by atoms with E-state index in [2.05, 4.69) is 98.8 Å². The summed E-state index contributed by atoms with van der Waals surface area (Å²) < 4.78 is 13.9. The van der Waals surface area contributed by atoms with Gasteiger partial charge in [-0.1, -0.05) is 0 Å². The molecule has 0 aromatic heterocycles. The maximum atomic E-state index is 5.54. The third-order valence-electron chi connectivity index (χ3n) is 5.32. The Kier molecular flexibility index (Phi) is 6.66. The molecule has 0 aliphatic rings. The molecule has 156 valence electrons. The zero-order valence-corrected chi connectivity index (χ0v) is 20.6. The van der Waals surface area contributed by atoms with E-state index in [1.54, 1.807) is 14.2 Å². The number of methoxy groups -OCH3 is 2. The van der Waals surface area contributed by atoms with E-state index in [0.29, 0.717) is 0 Å². The van der Waals surface area contributed by atoms with Crippen LogP contribution in [0, 0.1) is 13.8 Å². The average molecular weight is 522 g/mol. The van der Waals surface area contributed by atoms with Crippen LogP contribution in [0.3, 0.4) is 0 Å². The van der Waals surface area contributed by atoms with Gasteiger partial charge in [-0.3, -0.25) is 0 Å². The summed E-state index contributed by atoms with van der Waals surface area (Å²) in [5, 5.41) is 0. The van der Waals surface area contributed by atoms with Gasteiger partial charge in [-0.2, -0.15) is 0 Å². The normalized spacial score (nSPS) is 10.7. The van der Waals surface area contributed by atoms with Crippen molar-refractivity contribution in [2.45, 2.75) is 13.8 Å². The first-order valence-electron chi connectivity index (χ1n) is 10.3. The van der Waals surface area contributed by atoms with Gasteiger partial charge in [0.25, 0.3) is 0 Å². The van der Waals surface area contributed by atoms with Crippen molar-refractivity contribution in [2.24, 2.45) is 0 Å². The zero-order valence-electron chi connectivity index (χ0n) is 18.3. The minimum atomic E-state index is -0.656. The number of aryl methyl sites for hydroxylation is 2. The molecule has 0 bridgehead atoms. The van der Waals surface area contributed by atoms with Crippen molar-refractivity contribution >= 4 is 28.1 Å².